The fourth-order valence-electron chi connectivity index (χ4n) is 2.06. The van der Waals surface area contributed by atoms with Crippen molar-refractivity contribution in [1.29, 1.82) is 0 Å². The van der Waals surface area contributed by atoms with E-state index >= 15 is 0 Å². The zero-order valence-corrected chi connectivity index (χ0v) is 14.7. The minimum absolute atomic E-state index is 0.0205. The molecule has 0 saturated heterocycles. The summed E-state index contributed by atoms with van der Waals surface area (Å²) < 4.78 is 26.3. The minimum Gasteiger partial charge on any atom is -0.476 e. The van der Waals surface area contributed by atoms with Crippen LogP contribution in [0.15, 0.2) is 18.2 Å². The topological polar surface area (TPSA) is 79.3 Å². The highest BCUT2D eigenvalue weighted by Gasteiger charge is 2.23. The van der Waals surface area contributed by atoms with Crippen molar-refractivity contribution >= 4 is 52.4 Å². The Morgan fingerprint density at radius 2 is 1.84 bits per heavy atom. The van der Waals surface area contributed by atoms with Crippen LogP contribution in [-0.4, -0.2) is 22.0 Å². The molecule has 10 heteroatoms. The average molecular weight is 410 g/mol. The summed E-state index contributed by atoms with van der Waals surface area (Å²) in [6.45, 7) is 1.20. The molecule has 0 aliphatic heterocycles. The van der Waals surface area contributed by atoms with Gasteiger partial charge in [-0.3, -0.25) is 4.79 Å². The molecule has 0 saturated carbocycles. The summed E-state index contributed by atoms with van der Waals surface area (Å²) in [6, 6.07) is 3.75. The molecule has 2 rings (SSSR count). The molecular weight excluding hydrogens is 401 g/mol. The molecule has 1 heterocycles. The van der Waals surface area contributed by atoms with Gasteiger partial charge in [0.05, 0.1) is 32.0 Å². The number of carboxylic acids is 1. The number of hydrogen-bond donors (Lipinski definition) is 2. The summed E-state index contributed by atoms with van der Waals surface area (Å²) in [6.07, 6.45) is -2.94. The van der Waals surface area contributed by atoms with Gasteiger partial charge in [-0.05, 0) is 18.2 Å². The highest BCUT2D eigenvalue weighted by Crippen LogP contribution is 2.40. The Labute approximate surface area is 155 Å². The van der Waals surface area contributed by atoms with Crippen molar-refractivity contribution in [2.45, 2.75) is 13.3 Å². The van der Waals surface area contributed by atoms with Gasteiger partial charge in [0, 0.05) is 12.5 Å². The molecule has 0 aliphatic rings. The van der Waals surface area contributed by atoms with Crippen molar-refractivity contribution in [1.82, 2.24) is 4.98 Å². The fourth-order valence-corrected chi connectivity index (χ4v) is 2.91. The van der Waals surface area contributed by atoms with Crippen LogP contribution in [0.2, 0.25) is 15.1 Å². The first kappa shape index (κ1) is 19.4. The number of benzene rings is 1. The molecule has 0 fully saturated rings. The van der Waals surface area contributed by atoms with Gasteiger partial charge in [0.2, 0.25) is 5.91 Å². The first-order valence-electron chi connectivity index (χ1n) is 6.61. The molecule has 0 bridgehead atoms. The lowest BCUT2D eigenvalue weighted by Crippen LogP contribution is -2.11. The van der Waals surface area contributed by atoms with Crippen molar-refractivity contribution < 1.29 is 23.5 Å². The largest absolute Gasteiger partial charge is 0.476 e. The molecule has 5 nitrogen and oxygen atoms in total. The molecule has 0 spiro atoms. The van der Waals surface area contributed by atoms with Gasteiger partial charge in [-0.2, -0.15) is 0 Å². The number of nitrogens with one attached hydrogen (secondary N) is 1. The summed E-state index contributed by atoms with van der Waals surface area (Å²) in [5.41, 5.74) is -1.24. The number of amides is 1. The first-order chi connectivity index (χ1) is 11.6. The number of nitrogens with zero attached hydrogens (tertiary/aromatic N) is 1. The Balaban J connectivity index is 2.75. The van der Waals surface area contributed by atoms with E-state index in [4.69, 9.17) is 34.8 Å². The second-order valence-corrected chi connectivity index (χ2v) is 5.99. The highest BCUT2D eigenvalue weighted by molar-refractivity contribution is 6.38. The van der Waals surface area contributed by atoms with E-state index in [-0.39, 0.29) is 32.0 Å². The Bertz CT molecular complexity index is 876. The number of alkyl halides is 2. The van der Waals surface area contributed by atoms with Crippen LogP contribution in [0.3, 0.4) is 0 Å². The predicted molar refractivity (Wildman–Crippen MR) is 90.9 cm³/mol. The zero-order chi connectivity index (χ0) is 18.9. The van der Waals surface area contributed by atoms with E-state index < -0.39 is 29.6 Å². The van der Waals surface area contributed by atoms with Crippen LogP contribution in [-0.2, 0) is 4.79 Å². The number of rotatable bonds is 4. The lowest BCUT2D eigenvalue weighted by molar-refractivity contribution is -0.114. The Hall–Kier alpha value is -1.96. The van der Waals surface area contributed by atoms with Crippen LogP contribution >= 0.6 is 34.8 Å². The monoisotopic (exact) mass is 408 g/mol. The number of carbonyl (C=O) groups excluding carboxylic acids is 1. The van der Waals surface area contributed by atoms with Crippen LogP contribution in [0, 0.1) is 0 Å². The van der Waals surface area contributed by atoms with E-state index in [0.717, 1.165) is 0 Å². The molecule has 0 unspecified atom stereocenters. The third-order valence-corrected chi connectivity index (χ3v) is 4.21. The standard InChI is InChI=1S/C15H9Cl3F2N2O3/c1-5(23)21-9-4-8(22-13(12(9)18)15(24)25)6-2-3-7(16)10(11(6)17)14(19)20/h2-4,14H,1H3,(H,24,25)(H,21,22,23). The number of anilines is 1. The predicted octanol–water partition coefficient (Wildman–Crippen LogP) is 5.30. The summed E-state index contributed by atoms with van der Waals surface area (Å²) in [4.78, 5) is 26.4. The average Bonchev–Trinajstić information content (AvgIpc) is 2.48. The molecular formula is C15H9Cl3F2N2O3. The van der Waals surface area contributed by atoms with Gasteiger partial charge in [0.25, 0.3) is 6.43 Å². The molecule has 1 aromatic carbocycles. The Kier molecular flexibility index (Phi) is 5.82. The molecule has 0 atom stereocenters. The van der Waals surface area contributed by atoms with E-state index in [1.807, 2.05) is 0 Å². The van der Waals surface area contributed by atoms with Gasteiger partial charge in [-0.25, -0.2) is 18.6 Å². The normalized spacial score (nSPS) is 10.8. The number of aromatic carboxylic acids is 1. The summed E-state index contributed by atoms with van der Waals surface area (Å²) >= 11 is 17.7. The summed E-state index contributed by atoms with van der Waals surface area (Å²) in [5, 5.41) is 10.7. The van der Waals surface area contributed by atoms with Gasteiger partial charge in [-0.15, -0.1) is 0 Å². The number of aromatic nitrogens is 1. The summed E-state index contributed by atoms with van der Waals surface area (Å²) in [7, 11) is 0. The van der Waals surface area contributed by atoms with Gasteiger partial charge in [0.15, 0.2) is 5.69 Å². The Morgan fingerprint density at radius 3 is 2.36 bits per heavy atom. The number of halogens is 5. The number of pyridine rings is 1. The molecule has 1 amide bonds. The lowest BCUT2D eigenvalue weighted by Gasteiger charge is -2.14. The van der Waals surface area contributed by atoms with Crippen LogP contribution in [0.4, 0.5) is 14.5 Å². The van der Waals surface area contributed by atoms with E-state index in [1.165, 1.54) is 25.1 Å². The quantitative estimate of drug-likeness (QED) is 0.718. The van der Waals surface area contributed by atoms with E-state index in [0.29, 0.717) is 0 Å². The van der Waals surface area contributed by atoms with Crippen molar-refractivity contribution in [3.05, 3.63) is 44.5 Å². The van der Waals surface area contributed by atoms with Crippen LogP contribution in [0.1, 0.15) is 29.4 Å². The first-order valence-corrected chi connectivity index (χ1v) is 7.74. The molecule has 0 radical (unpaired) electrons. The maximum atomic E-state index is 13.1. The molecule has 0 aliphatic carbocycles. The van der Waals surface area contributed by atoms with Crippen molar-refractivity contribution in [3.63, 3.8) is 0 Å². The van der Waals surface area contributed by atoms with Gasteiger partial charge in [-0.1, -0.05) is 34.8 Å². The van der Waals surface area contributed by atoms with Crippen LogP contribution in [0.5, 0.6) is 0 Å². The fraction of sp³-hybridized carbons (Fsp3) is 0.133. The van der Waals surface area contributed by atoms with Crippen LogP contribution in [0.25, 0.3) is 11.3 Å². The molecule has 1 aromatic heterocycles. The van der Waals surface area contributed by atoms with E-state index in [9.17, 15) is 23.5 Å². The minimum atomic E-state index is -2.94. The number of carbonyl (C=O) groups is 2. The van der Waals surface area contributed by atoms with Crippen molar-refractivity contribution in [3.8, 4) is 11.3 Å². The molecule has 25 heavy (non-hydrogen) atoms. The van der Waals surface area contributed by atoms with E-state index in [2.05, 4.69) is 10.3 Å². The molecule has 132 valence electrons. The number of carboxylic acid groups (broad SMARTS) is 1. The second kappa shape index (κ2) is 7.51. The molecule has 2 N–H and O–H groups in total. The van der Waals surface area contributed by atoms with Crippen LogP contribution < -0.4 is 5.32 Å². The zero-order valence-electron chi connectivity index (χ0n) is 12.4. The Morgan fingerprint density at radius 1 is 1.20 bits per heavy atom. The van der Waals surface area contributed by atoms with Gasteiger partial charge in [0.1, 0.15) is 0 Å². The SMILES string of the molecule is CC(=O)Nc1cc(-c2ccc(Cl)c(C(F)F)c2Cl)nc(C(=O)O)c1Cl. The third kappa shape index (κ3) is 4.00. The van der Waals surface area contributed by atoms with Crippen molar-refractivity contribution in [2.24, 2.45) is 0 Å². The smallest absolute Gasteiger partial charge is 0.356 e. The maximum Gasteiger partial charge on any atom is 0.356 e. The lowest BCUT2D eigenvalue weighted by atomic mass is 10.1. The number of hydrogen-bond acceptors (Lipinski definition) is 3. The highest BCUT2D eigenvalue weighted by atomic mass is 35.5. The maximum absolute atomic E-state index is 13.1. The third-order valence-electron chi connectivity index (χ3n) is 3.09. The van der Waals surface area contributed by atoms with E-state index in [1.54, 1.807) is 0 Å². The summed E-state index contributed by atoms with van der Waals surface area (Å²) in [5.74, 6) is -1.97. The second-order valence-electron chi connectivity index (χ2n) is 4.83. The molecule has 2 aromatic rings. The van der Waals surface area contributed by atoms with Gasteiger partial charge >= 0.3 is 5.97 Å². The van der Waals surface area contributed by atoms with Gasteiger partial charge < -0.3 is 10.4 Å². The van der Waals surface area contributed by atoms with Crippen molar-refractivity contribution in [2.75, 3.05) is 5.32 Å².